The summed E-state index contributed by atoms with van der Waals surface area (Å²) in [5.41, 5.74) is -1.13. The van der Waals surface area contributed by atoms with Gasteiger partial charge in [-0.25, -0.2) is 0 Å². The molecule has 0 aromatic heterocycles. The quantitative estimate of drug-likeness (QED) is 0.169. The lowest BCUT2D eigenvalue weighted by Crippen LogP contribution is -2.69. The smallest absolute Gasteiger partial charge is 0.184 e. The summed E-state index contributed by atoms with van der Waals surface area (Å²) in [6.45, 7) is 17.7. The number of rotatable bonds is 10. The van der Waals surface area contributed by atoms with E-state index in [0.29, 0.717) is 42.6 Å². The first-order valence-corrected chi connectivity index (χ1v) is 15.7. The zero-order valence-electron chi connectivity index (χ0n) is 27.6. The number of ketones is 3. The van der Waals surface area contributed by atoms with Gasteiger partial charge in [0.05, 0.1) is 11.0 Å². The molecule has 4 rings (SSSR count). The van der Waals surface area contributed by atoms with Gasteiger partial charge in [-0.2, -0.15) is 0 Å². The molecule has 5 atom stereocenters. The largest absolute Gasteiger partial charge is 0.490 e. The number of hydrogen-bond donors (Lipinski definition) is 1. The molecule has 5 nitrogen and oxygen atoms in total. The molecule has 3 aliphatic rings. The van der Waals surface area contributed by atoms with Gasteiger partial charge in [0, 0.05) is 17.6 Å². The SMILES string of the molecule is CC(C)=CCCC(C)(O)[C@@H]1C[C@@]23C[C@@H](CC=C(C)C)C(C)(C)[C@@](C(=O)c4ccccc4)(C(=O)C(CC=C(C)C)=C2O1)C3=O. The van der Waals surface area contributed by atoms with Gasteiger partial charge in [-0.15, -0.1) is 0 Å². The van der Waals surface area contributed by atoms with Crippen LogP contribution in [0.25, 0.3) is 0 Å². The zero-order valence-corrected chi connectivity index (χ0v) is 27.6. The fraction of sp³-hybridized carbons (Fsp3) is 0.553. The highest BCUT2D eigenvalue weighted by molar-refractivity contribution is 6.36. The Balaban J connectivity index is 1.99. The van der Waals surface area contributed by atoms with Gasteiger partial charge >= 0.3 is 0 Å². The summed E-state index contributed by atoms with van der Waals surface area (Å²) in [5, 5.41) is 11.8. The summed E-state index contributed by atoms with van der Waals surface area (Å²) in [7, 11) is 0. The molecule has 0 radical (unpaired) electrons. The van der Waals surface area contributed by atoms with Crippen LogP contribution in [-0.2, 0) is 14.3 Å². The van der Waals surface area contributed by atoms with Gasteiger partial charge in [0.15, 0.2) is 22.8 Å². The number of ether oxygens (including phenoxy) is 1. The third kappa shape index (κ3) is 5.43. The van der Waals surface area contributed by atoms with E-state index in [1.54, 1.807) is 31.2 Å². The fourth-order valence-corrected chi connectivity index (χ4v) is 7.60. The van der Waals surface area contributed by atoms with Crippen LogP contribution in [0.15, 0.2) is 76.6 Å². The van der Waals surface area contributed by atoms with Gasteiger partial charge in [0.25, 0.3) is 0 Å². The lowest BCUT2D eigenvalue weighted by Gasteiger charge is -2.58. The van der Waals surface area contributed by atoms with E-state index in [9.17, 15) is 9.90 Å². The summed E-state index contributed by atoms with van der Waals surface area (Å²) >= 11 is 0. The molecule has 1 saturated heterocycles. The highest BCUT2D eigenvalue weighted by Gasteiger charge is 2.77. The summed E-state index contributed by atoms with van der Waals surface area (Å²) in [6, 6.07) is 8.79. The molecule has 2 aliphatic carbocycles. The number of allylic oxidation sites excluding steroid dienone is 8. The van der Waals surface area contributed by atoms with Crippen molar-refractivity contribution in [3.8, 4) is 0 Å². The number of carbonyl (C=O) groups is 3. The summed E-state index contributed by atoms with van der Waals surface area (Å²) in [4.78, 5) is 45.1. The fourth-order valence-electron chi connectivity index (χ4n) is 7.60. The topological polar surface area (TPSA) is 80.7 Å². The van der Waals surface area contributed by atoms with Crippen molar-refractivity contribution in [3.05, 3.63) is 82.2 Å². The normalized spacial score (nSPS) is 28.8. The van der Waals surface area contributed by atoms with Crippen LogP contribution >= 0.6 is 0 Å². The van der Waals surface area contributed by atoms with Crippen molar-refractivity contribution < 1.29 is 24.2 Å². The molecule has 1 N–H and O–H groups in total. The second-order valence-electron chi connectivity index (χ2n) is 14.6. The van der Waals surface area contributed by atoms with E-state index < -0.39 is 39.5 Å². The van der Waals surface area contributed by atoms with E-state index in [1.165, 1.54) is 5.57 Å². The lowest BCUT2D eigenvalue weighted by atomic mass is 9.39. The number of Topliss-reactive ketones (excluding diaryl/α,β-unsaturated/α-hetero) is 3. The summed E-state index contributed by atoms with van der Waals surface area (Å²) in [5.74, 6) is -0.972. The van der Waals surface area contributed by atoms with Crippen molar-refractivity contribution in [2.24, 2.45) is 22.2 Å². The van der Waals surface area contributed by atoms with E-state index in [0.717, 1.165) is 11.1 Å². The van der Waals surface area contributed by atoms with Gasteiger partial charge < -0.3 is 9.84 Å². The molecule has 2 fully saturated rings. The Labute approximate surface area is 258 Å². The van der Waals surface area contributed by atoms with Crippen LogP contribution in [0.4, 0.5) is 0 Å². The summed E-state index contributed by atoms with van der Waals surface area (Å²) in [6.07, 6.45) is 8.28. The van der Waals surface area contributed by atoms with Crippen LogP contribution in [-0.4, -0.2) is 34.2 Å². The third-order valence-electron chi connectivity index (χ3n) is 10.3. The number of fused-ring (bicyclic) bond motifs is 1. The van der Waals surface area contributed by atoms with Crippen LogP contribution in [0.5, 0.6) is 0 Å². The van der Waals surface area contributed by atoms with Crippen molar-refractivity contribution in [2.75, 3.05) is 0 Å². The van der Waals surface area contributed by atoms with E-state index in [1.807, 2.05) is 67.5 Å². The maximum absolute atomic E-state index is 15.2. The molecule has 0 amide bonds. The molecule has 1 heterocycles. The molecule has 1 saturated carbocycles. The van der Waals surface area contributed by atoms with Crippen molar-refractivity contribution in [1.82, 2.24) is 0 Å². The lowest BCUT2D eigenvalue weighted by molar-refractivity contribution is -0.162. The maximum Gasteiger partial charge on any atom is 0.184 e. The van der Waals surface area contributed by atoms with Crippen LogP contribution in [0.2, 0.25) is 0 Å². The van der Waals surface area contributed by atoms with Gasteiger partial charge in [0.1, 0.15) is 11.9 Å². The Bertz CT molecular complexity index is 1410. The molecule has 2 bridgehead atoms. The number of aliphatic hydroxyl groups is 1. The molecule has 1 spiro atoms. The number of carbonyl (C=O) groups excluding carboxylic acids is 3. The molecule has 1 aromatic rings. The van der Waals surface area contributed by atoms with E-state index in [2.05, 4.69) is 12.2 Å². The molecule has 1 aromatic carbocycles. The average molecular weight is 587 g/mol. The second-order valence-corrected chi connectivity index (χ2v) is 14.6. The van der Waals surface area contributed by atoms with Crippen molar-refractivity contribution in [3.63, 3.8) is 0 Å². The van der Waals surface area contributed by atoms with Crippen LogP contribution in [0, 0.1) is 22.2 Å². The Kier molecular flexibility index (Phi) is 9.02. The Morgan fingerprint density at radius 3 is 2.14 bits per heavy atom. The number of hydrogen-bond acceptors (Lipinski definition) is 5. The van der Waals surface area contributed by atoms with E-state index in [4.69, 9.17) is 4.74 Å². The van der Waals surface area contributed by atoms with E-state index >= 15 is 9.59 Å². The van der Waals surface area contributed by atoms with Gasteiger partial charge in [-0.05, 0) is 91.9 Å². The Hall–Kier alpha value is -3.05. The minimum Gasteiger partial charge on any atom is -0.490 e. The maximum atomic E-state index is 15.2. The first-order valence-electron chi connectivity index (χ1n) is 15.7. The molecular weight excluding hydrogens is 536 g/mol. The van der Waals surface area contributed by atoms with Crippen molar-refractivity contribution in [2.45, 2.75) is 113 Å². The van der Waals surface area contributed by atoms with Crippen LogP contribution in [0.3, 0.4) is 0 Å². The van der Waals surface area contributed by atoms with Crippen molar-refractivity contribution >= 4 is 17.3 Å². The molecule has 1 aliphatic heterocycles. The molecule has 43 heavy (non-hydrogen) atoms. The molecule has 232 valence electrons. The minimum absolute atomic E-state index is 0.144. The van der Waals surface area contributed by atoms with Crippen LogP contribution in [0.1, 0.15) is 111 Å². The predicted molar refractivity (Wildman–Crippen MR) is 171 cm³/mol. The van der Waals surface area contributed by atoms with Gasteiger partial charge in [-0.1, -0.05) is 79.1 Å². The van der Waals surface area contributed by atoms with Gasteiger partial charge in [0.2, 0.25) is 0 Å². The van der Waals surface area contributed by atoms with Gasteiger partial charge in [-0.3, -0.25) is 14.4 Å². The number of benzene rings is 1. The predicted octanol–water partition coefficient (Wildman–Crippen LogP) is 8.29. The van der Waals surface area contributed by atoms with E-state index in [-0.39, 0.29) is 24.5 Å². The van der Waals surface area contributed by atoms with Crippen molar-refractivity contribution in [1.29, 1.82) is 0 Å². The summed E-state index contributed by atoms with van der Waals surface area (Å²) < 4.78 is 6.63. The Morgan fingerprint density at radius 1 is 0.953 bits per heavy atom. The van der Waals surface area contributed by atoms with Crippen LogP contribution < -0.4 is 0 Å². The average Bonchev–Trinajstić information content (AvgIpc) is 3.31. The molecular formula is C38H50O5. The first-order chi connectivity index (χ1) is 20.0. The highest BCUT2D eigenvalue weighted by atomic mass is 16.5. The third-order valence-corrected chi connectivity index (χ3v) is 10.3. The highest BCUT2D eigenvalue weighted by Crippen LogP contribution is 2.69. The molecule has 1 unspecified atom stereocenters. The minimum atomic E-state index is -1.90. The second kappa shape index (κ2) is 11.8. The molecule has 5 heteroatoms. The standard InChI is InChI=1S/C38H50O5/c1-24(2)14-13-21-36(9,42)30-23-37-22-28(19-17-25(3)4)35(7,8)38(34(37)41,31(39)27-15-11-10-12-16-27)32(40)29(33(37)43-30)20-18-26(5)6/h10-12,14-18,28,30,42H,13,19-23H2,1-9H3/t28-,30+,36?,37+,38+/m1/s1. The Morgan fingerprint density at radius 2 is 1.56 bits per heavy atom. The monoisotopic (exact) mass is 586 g/mol. The first kappa shape index (κ1) is 32.9. The zero-order chi connectivity index (χ0) is 32.0.